The Kier molecular flexibility index (Phi) is 20.1. The molecule has 716 valence electrons. The summed E-state index contributed by atoms with van der Waals surface area (Å²) in [5, 5.41) is 0. The number of fused-ring (bicyclic) bond motifs is 6. The lowest BCUT2D eigenvalue weighted by molar-refractivity contribution is -0.587. The highest BCUT2D eigenvalue weighted by atomic mass is 19.4. The Bertz CT molecular complexity index is 3830. The van der Waals surface area contributed by atoms with E-state index in [1.54, 1.807) is 0 Å². The fourth-order valence-corrected chi connectivity index (χ4v) is 13.6. The van der Waals surface area contributed by atoms with Gasteiger partial charge >= 0.3 is 178 Å². The zero-order chi connectivity index (χ0) is 98.7. The summed E-state index contributed by atoms with van der Waals surface area (Å²) >= 11 is 0. The Morgan fingerprint density at radius 1 is 0.174 bits per heavy atom. The molecule has 9 fully saturated rings. The maximum atomic E-state index is 15.3. The summed E-state index contributed by atoms with van der Waals surface area (Å²) in [5.41, 5.74) is -93.2. The van der Waals surface area contributed by atoms with E-state index in [1.807, 2.05) is 0 Å². The van der Waals surface area contributed by atoms with Crippen LogP contribution in [-0.2, 0) is 4.74 Å². The monoisotopic (exact) mass is 1980 g/mol. The van der Waals surface area contributed by atoms with E-state index in [-0.39, 0.29) is 0 Å². The third-order valence-electron chi connectivity index (χ3n) is 20.5. The molecule has 0 spiro atoms. The molecule has 1 heterocycles. The number of hydrogen-bond acceptors (Lipinski definition) is 1. The van der Waals surface area contributed by atoms with Crippen molar-refractivity contribution < 1.29 is 330 Å². The summed E-state index contributed by atoms with van der Waals surface area (Å²) in [4.78, 5) is 0. The molecule has 0 aromatic carbocycles. The standard InChI is InChI=1S/2C14F24.C10HF17.C8H7F9O/c15-1-2(16,8(25,26)12(33,34)11(31,32)7(1,23)24)6(21,22)4(18)3(17,5(1,19)20)9(27,28)13(35,36)14(37,38)10(4,29)30;15-1-2(16)4(18,10(29,30)14(37,38)12(33,34)6(2,21)22)8(25,26)7(23,24)3(1,17)9(27,28)13(35,36)11(31,32)5(1,19)20;11-1-2(12,13)4(16)5(17,6(18,19)3(1,14)15)8(22,23)10(26,27)9(24,25)7(4,20)21;1-2-4(9,10)3-5(11)6(12,13)7(14,15)8(16,17)18-5/h;;1H;2-3H2,1H3. The van der Waals surface area contributed by atoms with Crippen molar-refractivity contribution in [3.63, 3.8) is 0 Å². The normalized spacial score (nSPS) is 44.8. The molecule has 75 heteroatoms. The minimum Gasteiger partial charge on any atom is -0.271 e. The van der Waals surface area contributed by atoms with Crippen LogP contribution in [0.4, 0.5) is 325 Å². The number of ether oxygens (including phenoxy) is 1. The fraction of sp³-hybridized carbons (Fsp3) is 1.00. The Morgan fingerprint density at radius 3 is 0.488 bits per heavy atom. The maximum Gasteiger partial charge on any atom is 0.428 e. The zero-order valence-electron chi connectivity index (χ0n) is 52.4. The molecule has 12 unspecified atom stereocenters. The van der Waals surface area contributed by atoms with Crippen molar-refractivity contribution in [2.75, 3.05) is 0 Å². The first kappa shape index (κ1) is 105. The van der Waals surface area contributed by atoms with Crippen LogP contribution in [0.1, 0.15) is 19.8 Å². The second-order valence-corrected chi connectivity index (χ2v) is 26.4. The molecule has 9 rings (SSSR count). The smallest absolute Gasteiger partial charge is 0.271 e. The van der Waals surface area contributed by atoms with Gasteiger partial charge in [-0.05, 0) is 0 Å². The SMILES string of the molecule is CCC(F)(F)CC1(F)OC(F)(F)C(F)(F)C1(F)F.FC1(F)C(F)(F)C(F)(F)C2(F)C(F)(C1(F)F)C(F)(F)C(F)(F)C1(F)C(F)(F)C(F)(F)C(F)(F)C(F)(F)C12F.FC1(F)C(F)(F)C(F)(F)C2(F)C(F)(F)C3(F)C(F)(F)C(F)(F)C(F)(F)C(F)(F)C3(F)C(F)(F)C2(F)C1(F)F.FC1C(F)(F)C(F)(F)C2(F)C(F)(F)C(F)(F)C(F)(F)C(F)(F)C2(F)C1(F)F. The van der Waals surface area contributed by atoms with Crippen LogP contribution in [0, 0.1) is 0 Å². The van der Waals surface area contributed by atoms with Crippen molar-refractivity contribution in [2.24, 2.45) is 0 Å². The highest BCUT2D eigenvalue weighted by Gasteiger charge is 3.24. The fourth-order valence-electron chi connectivity index (χ4n) is 13.6. The number of halogens is 74. The Morgan fingerprint density at radius 2 is 0.322 bits per heavy atom. The molecule has 1 aliphatic heterocycles. The summed E-state index contributed by atoms with van der Waals surface area (Å²) in [6.45, 7) is 0.743. The Balaban J connectivity index is 0.000000259. The summed E-state index contributed by atoms with van der Waals surface area (Å²) in [7, 11) is 0. The highest BCUT2D eigenvalue weighted by molar-refractivity contribution is 5.54. The zero-order valence-corrected chi connectivity index (χ0v) is 52.4. The third kappa shape index (κ3) is 8.36. The number of alkyl halides is 74. The molecular weight excluding hydrogens is 1970 g/mol. The highest BCUT2D eigenvalue weighted by Crippen LogP contribution is 2.91. The van der Waals surface area contributed by atoms with Gasteiger partial charge in [0.25, 0.3) is 68.5 Å². The quantitative estimate of drug-likeness (QED) is 0.256. The average molecular weight is 1980 g/mol. The van der Waals surface area contributed by atoms with Gasteiger partial charge in [-0.2, -0.15) is 263 Å². The molecule has 0 aromatic heterocycles. The van der Waals surface area contributed by atoms with E-state index in [4.69, 9.17) is 0 Å². The van der Waals surface area contributed by atoms with Gasteiger partial charge in [0.1, 0.15) is 0 Å². The van der Waals surface area contributed by atoms with Crippen LogP contribution in [0.15, 0.2) is 0 Å². The number of rotatable bonds is 3. The lowest BCUT2D eigenvalue weighted by Gasteiger charge is -2.70. The van der Waals surface area contributed by atoms with Crippen molar-refractivity contribution in [2.45, 2.75) is 272 Å². The van der Waals surface area contributed by atoms with Crippen LogP contribution in [0.25, 0.3) is 0 Å². The minimum absolute atomic E-state index is 0.743. The predicted molar refractivity (Wildman–Crippen MR) is 216 cm³/mol. The summed E-state index contributed by atoms with van der Waals surface area (Å²) in [6.07, 6.45) is -15.9. The van der Waals surface area contributed by atoms with Gasteiger partial charge in [0.05, 0.1) is 6.42 Å². The van der Waals surface area contributed by atoms with Crippen LogP contribution < -0.4 is 0 Å². The molecule has 0 radical (unpaired) electrons. The van der Waals surface area contributed by atoms with Gasteiger partial charge in [0.15, 0.2) is 0 Å². The molecule has 8 aliphatic carbocycles. The third-order valence-corrected chi connectivity index (χ3v) is 20.5. The van der Waals surface area contributed by atoms with Crippen molar-refractivity contribution >= 4 is 0 Å². The van der Waals surface area contributed by atoms with Gasteiger partial charge in [-0.15, -0.1) is 0 Å². The van der Waals surface area contributed by atoms with Gasteiger partial charge in [-0.25, -0.2) is 61.5 Å². The molecule has 0 aromatic rings. The first-order valence-corrected chi connectivity index (χ1v) is 27.8. The summed E-state index contributed by atoms with van der Waals surface area (Å²) in [6, 6.07) is 0. The van der Waals surface area contributed by atoms with Gasteiger partial charge in [-0.3, -0.25) is 4.74 Å². The van der Waals surface area contributed by atoms with Crippen molar-refractivity contribution in [3.8, 4) is 0 Å². The molecule has 121 heavy (non-hydrogen) atoms. The molecule has 1 nitrogen and oxygen atoms in total. The first-order chi connectivity index (χ1) is 51.1. The molecule has 1 saturated heterocycles. The lowest BCUT2D eigenvalue weighted by Crippen LogP contribution is -3.06. The van der Waals surface area contributed by atoms with Crippen LogP contribution in [0.5, 0.6) is 0 Å². The van der Waals surface area contributed by atoms with Crippen molar-refractivity contribution in [1.82, 2.24) is 0 Å². The maximum absolute atomic E-state index is 15.3. The predicted octanol–water partition coefficient (Wildman–Crippen LogP) is 23.6. The molecule has 0 N–H and O–H groups in total. The van der Waals surface area contributed by atoms with Crippen LogP contribution in [-0.4, -0.2) is 252 Å². The van der Waals surface area contributed by atoms with Gasteiger partial charge in [0, 0.05) is 6.42 Å². The molecular formula is C46H8F74O. The first-order valence-electron chi connectivity index (χ1n) is 27.8. The van der Waals surface area contributed by atoms with E-state index in [2.05, 4.69) is 4.74 Å². The van der Waals surface area contributed by atoms with Crippen LogP contribution >= 0.6 is 0 Å². The lowest BCUT2D eigenvalue weighted by atomic mass is 9.43. The van der Waals surface area contributed by atoms with E-state index < -0.39 is 265 Å². The topological polar surface area (TPSA) is 9.23 Å². The summed E-state index contributed by atoms with van der Waals surface area (Å²) < 4.78 is 1020. The van der Waals surface area contributed by atoms with Crippen LogP contribution in [0.2, 0.25) is 0 Å². The van der Waals surface area contributed by atoms with E-state index in [0.717, 1.165) is 6.92 Å². The van der Waals surface area contributed by atoms with Gasteiger partial charge < -0.3 is 0 Å². The molecule has 8 saturated carbocycles. The average Bonchev–Trinajstić information content (AvgIpc) is 0.830. The second-order valence-electron chi connectivity index (χ2n) is 26.4. The molecule has 9 aliphatic rings. The Labute approximate surface area is 602 Å². The van der Waals surface area contributed by atoms with Crippen molar-refractivity contribution in [1.29, 1.82) is 0 Å². The van der Waals surface area contributed by atoms with E-state index in [0.29, 0.717) is 0 Å². The molecule has 0 bridgehead atoms. The largest absolute Gasteiger partial charge is 0.428 e. The minimum atomic E-state index is -9.77. The van der Waals surface area contributed by atoms with Gasteiger partial charge in [-0.1, -0.05) is 6.92 Å². The number of hydrogen-bond donors (Lipinski definition) is 0. The molecule has 12 atom stereocenters. The summed E-state index contributed by atoms with van der Waals surface area (Å²) in [5.74, 6) is -260. The van der Waals surface area contributed by atoms with Gasteiger partial charge in [0.2, 0.25) is 6.17 Å². The van der Waals surface area contributed by atoms with Crippen molar-refractivity contribution in [3.05, 3.63) is 0 Å². The van der Waals surface area contributed by atoms with E-state index in [9.17, 15) is 316 Å². The second kappa shape index (κ2) is 23.3. The van der Waals surface area contributed by atoms with E-state index >= 15 is 8.78 Å². The Hall–Kier alpha value is -5.22. The van der Waals surface area contributed by atoms with E-state index in [1.165, 1.54) is 0 Å². The molecule has 0 amide bonds. The van der Waals surface area contributed by atoms with Crippen LogP contribution in [0.3, 0.4) is 0 Å².